The quantitative estimate of drug-likeness (QED) is 0.906. The summed E-state index contributed by atoms with van der Waals surface area (Å²) in [5.74, 6) is 2.20. The summed E-state index contributed by atoms with van der Waals surface area (Å²) >= 11 is 0. The van der Waals surface area contributed by atoms with Crippen molar-refractivity contribution < 1.29 is 4.79 Å². The van der Waals surface area contributed by atoms with Gasteiger partial charge in [0.2, 0.25) is 0 Å². The van der Waals surface area contributed by atoms with Crippen LogP contribution in [0.1, 0.15) is 56.5 Å². The molecule has 25 heavy (non-hydrogen) atoms. The highest BCUT2D eigenvalue weighted by Crippen LogP contribution is 2.27. The third-order valence-electron chi connectivity index (χ3n) is 5.03. The Labute approximate surface area is 151 Å². The van der Waals surface area contributed by atoms with Gasteiger partial charge < -0.3 is 10.2 Å². The molecule has 0 spiro atoms. The molecule has 6 nitrogen and oxygen atoms in total. The van der Waals surface area contributed by atoms with Crippen LogP contribution in [0.4, 0.5) is 5.82 Å². The lowest BCUT2D eigenvalue weighted by Gasteiger charge is -2.43. The summed E-state index contributed by atoms with van der Waals surface area (Å²) in [7, 11) is 0. The van der Waals surface area contributed by atoms with Gasteiger partial charge in [-0.3, -0.25) is 9.69 Å². The fraction of sp³-hybridized carbons (Fsp3) is 0.737. The minimum absolute atomic E-state index is 0.0526. The van der Waals surface area contributed by atoms with E-state index in [1.54, 1.807) is 0 Å². The van der Waals surface area contributed by atoms with E-state index in [1.807, 2.05) is 0 Å². The maximum absolute atomic E-state index is 12.3. The van der Waals surface area contributed by atoms with Crippen molar-refractivity contribution in [2.45, 2.75) is 53.0 Å². The van der Waals surface area contributed by atoms with E-state index in [0.29, 0.717) is 18.2 Å². The first-order valence-corrected chi connectivity index (χ1v) is 9.43. The zero-order valence-corrected chi connectivity index (χ0v) is 16.2. The predicted molar refractivity (Wildman–Crippen MR) is 100 cm³/mol. The third kappa shape index (κ3) is 3.94. The van der Waals surface area contributed by atoms with Crippen molar-refractivity contribution in [1.29, 1.82) is 0 Å². The predicted octanol–water partition coefficient (Wildman–Crippen LogP) is 1.88. The number of carbonyl (C=O) groups is 1. The number of aromatic nitrogens is 2. The fourth-order valence-corrected chi connectivity index (χ4v) is 3.63. The van der Waals surface area contributed by atoms with Gasteiger partial charge >= 0.3 is 0 Å². The van der Waals surface area contributed by atoms with E-state index in [0.717, 1.165) is 56.2 Å². The van der Waals surface area contributed by atoms with Crippen LogP contribution in [0.3, 0.4) is 0 Å². The lowest BCUT2D eigenvalue weighted by molar-refractivity contribution is 0.0939. The lowest BCUT2D eigenvalue weighted by Crippen LogP contribution is -2.54. The lowest BCUT2D eigenvalue weighted by atomic mass is 10.0. The second-order valence-electron chi connectivity index (χ2n) is 8.54. The molecule has 1 saturated heterocycles. The number of nitrogens with one attached hydrogen (secondary N) is 1. The first-order valence-electron chi connectivity index (χ1n) is 9.43. The summed E-state index contributed by atoms with van der Waals surface area (Å²) in [6.45, 7) is 15.7. The molecule has 0 saturated carbocycles. The monoisotopic (exact) mass is 345 g/mol. The molecule has 1 fully saturated rings. The van der Waals surface area contributed by atoms with Gasteiger partial charge in [-0.25, -0.2) is 9.97 Å². The van der Waals surface area contributed by atoms with Crippen LogP contribution in [-0.2, 0) is 12.8 Å². The van der Waals surface area contributed by atoms with Gasteiger partial charge in [-0.05, 0) is 33.1 Å². The van der Waals surface area contributed by atoms with Crippen LogP contribution in [-0.4, -0.2) is 59.0 Å². The Balaban J connectivity index is 1.90. The van der Waals surface area contributed by atoms with Gasteiger partial charge in [-0.2, -0.15) is 0 Å². The van der Waals surface area contributed by atoms with Gasteiger partial charge in [0.1, 0.15) is 17.3 Å². The highest BCUT2D eigenvalue weighted by molar-refractivity contribution is 5.96. The standard InChI is InChI=1S/C19H31N5O/c1-13(2)12-15-21-16-14(6-7-20-18(16)25)17(22-15)23-8-10-24(11-9-23)19(3,4)5/h13H,6-12H2,1-5H3,(H,20,25). The third-order valence-corrected chi connectivity index (χ3v) is 5.03. The topological polar surface area (TPSA) is 61.4 Å². The molecular weight excluding hydrogens is 314 g/mol. The molecule has 3 heterocycles. The Hall–Kier alpha value is -1.69. The van der Waals surface area contributed by atoms with E-state index < -0.39 is 0 Å². The summed E-state index contributed by atoms with van der Waals surface area (Å²) < 4.78 is 0. The maximum atomic E-state index is 12.3. The van der Waals surface area contributed by atoms with E-state index in [4.69, 9.17) is 4.98 Å². The number of rotatable bonds is 3. The molecule has 0 atom stereocenters. The van der Waals surface area contributed by atoms with Crippen molar-refractivity contribution in [3.8, 4) is 0 Å². The van der Waals surface area contributed by atoms with Gasteiger partial charge in [-0.1, -0.05) is 13.8 Å². The maximum Gasteiger partial charge on any atom is 0.270 e. The summed E-state index contributed by atoms with van der Waals surface area (Å²) in [5, 5.41) is 2.92. The van der Waals surface area contributed by atoms with Crippen molar-refractivity contribution in [2.75, 3.05) is 37.6 Å². The summed E-state index contributed by atoms with van der Waals surface area (Å²) in [5.41, 5.74) is 1.81. The van der Waals surface area contributed by atoms with Crippen LogP contribution >= 0.6 is 0 Å². The normalized spacial score (nSPS) is 19.1. The molecule has 1 aromatic heterocycles. The summed E-state index contributed by atoms with van der Waals surface area (Å²) in [6.07, 6.45) is 1.62. The van der Waals surface area contributed by atoms with Crippen molar-refractivity contribution >= 4 is 11.7 Å². The number of carbonyl (C=O) groups excluding carboxylic acids is 1. The largest absolute Gasteiger partial charge is 0.354 e. The molecule has 3 rings (SSSR count). The molecule has 6 heteroatoms. The van der Waals surface area contributed by atoms with Crippen molar-refractivity contribution in [1.82, 2.24) is 20.2 Å². The van der Waals surface area contributed by atoms with E-state index in [9.17, 15) is 4.79 Å². The average molecular weight is 345 g/mol. The molecule has 2 aliphatic heterocycles. The SMILES string of the molecule is CC(C)Cc1nc2c(c(N3CCN(C(C)(C)C)CC3)n1)CCNC2=O. The summed E-state index contributed by atoms with van der Waals surface area (Å²) in [4.78, 5) is 26.7. The minimum atomic E-state index is -0.0526. The van der Waals surface area contributed by atoms with Gasteiger partial charge in [0, 0.05) is 50.2 Å². The molecule has 1 aromatic rings. The highest BCUT2D eigenvalue weighted by Gasteiger charge is 2.30. The van der Waals surface area contributed by atoms with Crippen LogP contribution in [0.5, 0.6) is 0 Å². The first-order chi connectivity index (χ1) is 11.8. The molecule has 0 aromatic carbocycles. The zero-order valence-electron chi connectivity index (χ0n) is 16.2. The molecule has 138 valence electrons. The van der Waals surface area contributed by atoms with E-state index in [2.05, 4.69) is 54.7 Å². The smallest absolute Gasteiger partial charge is 0.270 e. The number of hydrogen-bond donors (Lipinski definition) is 1. The average Bonchev–Trinajstić information content (AvgIpc) is 2.54. The Kier molecular flexibility index (Phi) is 5.00. The zero-order chi connectivity index (χ0) is 18.2. The highest BCUT2D eigenvalue weighted by atomic mass is 16.1. The van der Waals surface area contributed by atoms with Gasteiger partial charge in [-0.15, -0.1) is 0 Å². The molecule has 0 bridgehead atoms. The molecule has 1 amide bonds. The Bertz CT molecular complexity index is 642. The molecule has 0 unspecified atom stereocenters. The van der Waals surface area contributed by atoms with E-state index in [-0.39, 0.29) is 11.4 Å². The van der Waals surface area contributed by atoms with Crippen LogP contribution in [0.2, 0.25) is 0 Å². The van der Waals surface area contributed by atoms with Crippen molar-refractivity contribution in [3.63, 3.8) is 0 Å². The van der Waals surface area contributed by atoms with Gasteiger partial charge in [0.05, 0.1) is 0 Å². The Morgan fingerprint density at radius 3 is 2.40 bits per heavy atom. The van der Waals surface area contributed by atoms with Gasteiger partial charge in [0.25, 0.3) is 5.91 Å². The number of anilines is 1. The molecule has 2 aliphatic rings. The van der Waals surface area contributed by atoms with Crippen LogP contribution in [0, 0.1) is 5.92 Å². The molecule has 0 aliphatic carbocycles. The number of nitrogens with zero attached hydrogens (tertiary/aromatic N) is 4. The molecule has 1 N–H and O–H groups in total. The fourth-order valence-electron chi connectivity index (χ4n) is 3.63. The van der Waals surface area contributed by atoms with Crippen LogP contribution in [0.25, 0.3) is 0 Å². The Morgan fingerprint density at radius 1 is 1.12 bits per heavy atom. The van der Waals surface area contributed by atoms with E-state index >= 15 is 0 Å². The van der Waals surface area contributed by atoms with Crippen LogP contribution < -0.4 is 10.2 Å². The Morgan fingerprint density at radius 2 is 1.80 bits per heavy atom. The second kappa shape index (κ2) is 6.90. The van der Waals surface area contributed by atoms with Crippen LogP contribution in [0.15, 0.2) is 0 Å². The number of fused-ring (bicyclic) bond motifs is 1. The number of hydrogen-bond acceptors (Lipinski definition) is 5. The number of amides is 1. The molecule has 0 radical (unpaired) electrons. The first kappa shape index (κ1) is 18.1. The van der Waals surface area contributed by atoms with E-state index in [1.165, 1.54) is 0 Å². The number of piperazine rings is 1. The minimum Gasteiger partial charge on any atom is -0.354 e. The second-order valence-corrected chi connectivity index (χ2v) is 8.54. The van der Waals surface area contributed by atoms with Crippen molar-refractivity contribution in [3.05, 3.63) is 17.1 Å². The summed E-state index contributed by atoms with van der Waals surface area (Å²) in [6, 6.07) is 0. The van der Waals surface area contributed by atoms with Gasteiger partial charge in [0.15, 0.2) is 0 Å². The molecular formula is C19H31N5O. The van der Waals surface area contributed by atoms with Crippen molar-refractivity contribution in [2.24, 2.45) is 5.92 Å².